The van der Waals surface area contributed by atoms with Gasteiger partial charge in [0.1, 0.15) is 49.0 Å². The SMILES string of the molecule is O=S(=O)([O-])CNc1ccc2c(O)c(N=Nc3cccc(S(=O)(=O)CCSOO[O-])c3)c(SOO[O-])cc2c1N=Nc1cc(Nc2cc(F)nc(F)n2)ccc1S(=O)(=O)[O-].[Na+].[Na+].[Na+].[Na+]. The van der Waals surface area contributed by atoms with Gasteiger partial charge in [-0.2, -0.15) is 32.5 Å². The van der Waals surface area contributed by atoms with Gasteiger partial charge in [-0.05, 0) is 54.6 Å². The van der Waals surface area contributed by atoms with Gasteiger partial charge in [0, 0.05) is 40.3 Å². The fraction of sp³-hybridized carbons (Fsp3) is 0.103. The van der Waals surface area contributed by atoms with Crippen LogP contribution in [0.4, 0.5) is 48.7 Å². The van der Waals surface area contributed by atoms with Gasteiger partial charge < -0.3 is 35.4 Å². The van der Waals surface area contributed by atoms with Crippen molar-refractivity contribution in [3.05, 3.63) is 78.8 Å². The normalized spacial score (nSPS) is 11.7. The average Bonchev–Trinajstić information content (AvgIpc) is 3.16. The Kier molecular flexibility index (Phi) is 25.7. The maximum Gasteiger partial charge on any atom is 1.00 e. The summed E-state index contributed by atoms with van der Waals surface area (Å²) in [6, 6.07) is 11.9. The molecular weight excluding hydrogens is 991 g/mol. The molecule has 4 aromatic carbocycles. The molecular formula is C29H20F2N8Na4O15S5. The van der Waals surface area contributed by atoms with Crippen molar-refractivity contribution in [2.75, 3.05) is 28.0 Å². The van der Waals surface area contributed by atoms with E-state index in [1.165, 1.54) is 24.3 Å². The number of fused-ring (bicyclic) bond motifs is 1. The number of nitrogens with one attached hydrogen (secondary N) is 2. The molecule has 34 heteroatoms. The Morgan fingerprint density at radius 2 is 1.48 bits per heavy atom. The van der Waals surface area contributed by atoms with Gasteiger partial charge in [-0.3, -0.25) is 10.1 Å². The number of phenolic OH excluding ortho intramolecular Hbond substituents is 1. The Hall–Kier alpha value is -1.09. The number of nitrogens with zero attached hydrogens (tertiary/aromatic N) is 6. The minimum absolute atomic E-state index is 0. The van der Waals surface area contributed by atoms with Crippen molar-refractivity contribution in [2.24, 2.45) is 20.5 Å². The van der Waals surface area contributed by atoms with Gasteiger partial charge in [0.25, 0.3) is 0 Å². The summed E-state index contributed by atoms with van der Waals surface area (Å²) in [5.41, 5.74) is -1.98. The monoisotopic (exact) mass is 1010 g/mol. The summed E-state index contributed by atoms with van der Waals surface area (Å²) >= 11 is 0.622. The first-order valence-corrected chi connectivity index (χ1v) is 21.6. The van der Waals surface area contributed by atoms with Crippen LogP contribution in [0.15, 0.2) is 102 Å². The Bertz CT molecular complexity index is 2770. The summed E-state index contributed by atoms with van der Waals surface area (Å²) in [7, 11) is -14.2. The number of rotatable bonds is 19. The number of aromatic hydroxyl groups is 1. The maximum atomic E-state index is 13.7. The first-order valence-electron chi connectivity index (χ1n) is 15.3. The predicted molar refractivity (Wildman–Crippen MR) is 193 cm³/mol. The third-order valence-electron chi connectivity index (χ3n) is 7.18. The summed E-state index contributed by atoms with van der Waals surface area (Å²) in [5.74, 6) is -4.29. The van der Waals surface area contributed by atoms with Gasteiger partial charge in [0.15, 0.2) is 15.6 Å². The number of hydrogen-bond acceptors (Lipinski definition) is 25. The van der Waals surface area contributed by atoms with E-state index in [4.69, 9.17) is 0 Å². The summed E-state index contributed by atoms with van der Waals surface area (Å²) in [6.45, 7) is 0. The van der Waals surface area contributed by atoms with Gasteiger partial charge >= 0.3 is 124 Å². The van der Waals surface area contributed by atoms with E-state index in [1.54, 1.807) is 0 Å². The average molecular weight is 1010 g/mol. The number of aromatic nitrogens is 2. The minimum Gasteiger partial charge on any atom is -0.747 e. The molecule has 63 heavy (non-hydrogen) atoms. The molecule has 0 aliphatic heterocycles. The second-order valence-electron chi connectivity index (χ2n) is 11.0. The zero-order valence-electron chi connectivity index (χ0n) is 32.6. The van der Waals surface area contributed by atoms with Crippen LogP contribution in [0.2, 0.25) is 0 Å². The second-order valence-corrected chi connectivity index (χ2v) is 17.4. The largest absolute Gasteiger partial charge is 1.00 e. The van der Waals surface area contributed by atoms with Crippen LogP contribution in [0, 0.1) is 12.0 Å². The summed E-state index contributed by atoms with van der Waals surface area (Å²) < 4.78 is 132. The van der Waals surface area contributed by atoms with E-state index in [2.05, 4.69) is 59.8 Å². The fourth-order valence-electron chi connectivity index (χ4n) is 4.78. The molecule has 5 rings (SSSR count). The van der Waals surface area contributed by atoms with Crippen molar-refractivity contribution < 1.29 is 196 Å². The van der Waals surface area contributed by atoms with Crippen LogP contribution in [-0.4, -0.2) is 66.8 Å². The van der Waals surface area contributed by atoms with Crippen molar-refractivity contribution in [1.82, 2.24) is 9.97 Å². The number of hydrogen-bond donors (Lipinski definition) is 3. The van der Waals surface area contributed by atoms with E-state index in [-0.39, 0.29) is 174 Å². The number of anilines is 3. The van der Waals surface area contributed by atoms with Gasteiger partial charge in [-0.15, -0.1) is 15.3 Å². The minimum atomic E-state index is -5.29. The zero-order chi connectivity index (χ0) is 43.0. The van der Waals surface area contributed by atoms with Crippen molar-refractivity contribution >= 4 is 105 Å². The molecule has 0 bridgehead atoms. The van der Waals surface area contributed by atoms with Gasteiger partial charge in [0.2, 0.25) is 5.95 Å². The molecule has 0 saturated carbocycles. The predicted octanol–water partition coefficient (Wildman–Crippen LogP) is -8.10. The van der Waals surface area contributed by atoms with E-state index >= 15 is 0 Å². The molecule has 0 atom stereocenters. The third kappa shape index (κ3) is 17.5. The van der Waals surface area contributed by atoms with E-state index < -0.39 is 87.3 Å². The summed E-state index contributed by atoms with van der Waals surface area (Å²) in [4.78, 5) is 4.77. The van der Waals surface area contributed by atoms with Crippen LogP contribution in [0.25, 0.3) is 10.8 Å². The van der Waals surface area contributed by atoms with Gasteiger partial charge in [0.05, 0.1) is 43.9 Å². The number of benzene rings is 4. The van der Waals surface area contributed by atoms with E-state index in [1.807, 2.05) is 0 Å². The molecule has 3 N–H and O–H groups in total. The van der Waals surface area contributed by atoms with E-state index in [0.717, 1.165) is 36.4 Å². The molecule has 23 nitrogen and oxygen atoms in total. The zero-order valence-corrected chi connectivity index (χ0v) is 44.7. The van der Waals surface area contributed by atoms with Crippen LogP contribution < -0.4 is 139 Å². The summed E-state index contributed by atoms with van der Waals surface area (Å²) in [6.07, 6.45) is -1.45. The number of azo groups is 2. The molecule has 0 spiro atoms. The van der Waals surface area contributed by atoms with Crippen LogP contribution in [0.3, 0.4) is 0 Å². The number of phenols is 1. The van der Waals surface area contributed by atoms with Gasteiger partial charge in [-0.25, -0.2) is 25.3 Å². The van der Waals surface area contributed by atoms with Crippen molar-refractivity contribution in [1.29, 1.82) is 0 Å². The van der Waals surface area contributed by atoms with Crippen molar-refractivity contribution in [3.63, 3.8) is 0 Å². The molecule has 0 radical (unpaired) electrons. The van der Waals surface area contributed by atoms with Crippen LogP contribution in [-0.2, 0) is 48.8 Å². The molecule has 0 saturated heterocycles. The molecule has 5 aromatic rings. The van der Waals surface area contributed by atoms with Crippen molar-refractivity contribution in [3.8, 4) is 5.75 Å². The van der Waals surface area contributed by atoms with Crippen LogP contribution in [0.5, 0.6) is 5.75 Å². The van der Waals surface area contributed by atoms with Crippen LogP contribution >= 0.6 is 24.1 Å². The Morgan fingerprint density at radius 3 is 2.13 bits per heavy atom. The number of sulfone groups is 1. The topological polar surface area (TPSA) is 351 Å². The van der Waals surface area contributed by atoms with E-state index in [0.29, 0.717) is 18.1 Å². The standard InChI is InChI=1S/C29H24F2N8O15S5.4Na/c30-24-13-25(35-29(31)34-24)33-15-4-7-23(59(48,49)50)21(11-15)37-38-26-19-12-22(56-54-52-42)27(28(40)18(19)5-6-20(26)32-14-58(45,46)47)39-36-16-2-1-3-17(10-16)57(43,44)9-8-55-53-51-41;;;;/h1-7,10-13,32,40-42H,8-9,14H2,(H,33,34,35)(H,45,46,47)(H,48,49,50);;;;/q;4*+1/p-4. The smallest absolute Gasteiger partial charge is 0.747 e. The Morgan fingerprint density at radius 1 is 0.778 bits per heavy atom. The molecule has 1 aromatic heterocycles. The molecule has 0 unspecified atom stereocenters. The third-order valence-corrected chi connectivity index (χ3v) is 11.7. The maximum absolute atomic E-state index is 13.7. The Labute approximate surface area is 452 Å². The van der Waals surface area contributed by atoms with E-state index in [9.17, 15) is 58.8 Å². The molecule has 0 amide bonds. The number of halogens is 2. The molecule has 0 fully saturated rings. The molecule has 1 heterocycles. The first kappa shape index (κ1) is 59.9. The van der Waals surface area contributed by atoms with Crippen LogP contribution in [0.1, 0.15) is 0 Å². The quantitative estimate of drug-likeness (QED) is 0.00796. The second kappa shape index (κ2) is 27.0. The van der Waals surface area contributed by atoms with Gasteiger partial charge in [-0.1, -0.05) is 6.07 Å². The molecule has 0 aliphatic rings. The van der Waals surface area contributed by atoms with Crippen molar-refractivity contribution in [2.45, 2.75) is 14.7 Å². The Balaban J connectivity index is 0.00000496. The molecule has 314 valence electrons. The molecule has 0 aliphatic carbocycles. The first-order chi connectivity index (χ1) is 27.9. The fourth-order valence-corrected chi connectivity index (χ4v) is 8.27. The summed E-state index contributed by atoms with van der Waals surface area (Å²) in [5, 5.41) is 59.1.